The predicted octanol–water partition coefficient (Wildman–Crippen LogP) is 4.62. The molecule has 0 aliphatic heterocycles. The largest absolute Gasteiger partial charge is 0.315 e. The fourth-order valence-corrected chi connectivity index (χ4v) is 2.21. The molecule has 1 nitrogen and oxygen atoms in total. The molecule has 3 heteroatoms. The van der Waals surface area contributed by atoms with Crippen molar-refractivity contribution in [2.45, 2.75) is 59.9 Å². The summed E-state index contributed by atoms with van der Waals surface area (Å²) in [5, 5.41) is 3.40. The highest BCUT2D eigenvalue weighted by Crippen LogP contribution is 2.27. The van der Waals surface area contributed by atoms with Crippen molar-refractivity contribution in [3.05, 3.63) is 34.9 Å². The summed E-state index contributed by atoms with van der Waals surface area (Å²) in [5.41, 5.74) is 1.28. The molecule has 0 saturated carbocycles. The maximum Gasteiger partial charge on any atom is 0.129 e. The van der Waals surface area contributed by atoms with Gasteiger partial charge in [-0.25, -0.2) is 8.78 Å². The van der Waals surface area contributed by atoms with Crippen LogP contribution in [0.1, 0.15) is 51.7 Å². The van der Waals surface area contributed by atoms with Crippen molar-refractivity contribution in [2.75, 3.05) is 6.54 Å². The third-order valence-corrected chi connectivity index (χ3v) is 3.75. The average molecular weight is 283 g/mol. The second-order valence-corrected chi connectivity index (χ2v) is 6.72. The maximum absolute atomic E-state index is 13.7. The van der Waals surface area contributed by atoms with E-state index in [0.29, 0.717) is 23.6 Å². The van der Waals surface area contributed by atoms with Crippen LogP contribution in [0, 0.1) is 24.0 Å². The highest BCUT2D eigenvalue weighted by molar-refractivity contribution is 5.25. The van der Waals surface area contributed by atoms with Gasteiger partial charge >= 0.3 is 0 Å². The second kappa shape index (κ2) is 7.16. The summed E-state index contributed by atoms with van der Waals surface area (Å²) in [4.78, 5) is 0. The van der Waals surface area contributed by atoms with Gasteiger partial charge in [0.2, 0.25) is 0 Å². The van der Waals surface area contributed by atoms with Gasteiger partial charge in [-0.2, -0.15) is 0 Å². The Morgan fingerprint density at radius 3 is 2.35 bits per heavy atom. The Hall–Kier alpha value is -0.960. The molecule has 0 atom stereocenters. The molecule has 1 aromatic rings. The molecule has 1 N–H and O–H groups in total. The van der Waals surface area contributed by atoms with E-state index >= 15 is 0 Å². The first-order valence-electron chi connectivity index (χ1n) is 7.39. The summed E-state index contributed by atoms with van der Waals surface area (Å²) in [6.07, 6.45) is 2.60. The molecule has 0 unspecified atom stereocenters. The Kier molecular flexibility index (Phi) is 6.12. The molecular weight excluding hydrogens is 256 g/mol. The first-order chi connectivity index (χ1) is 9.21. The number of aryl methyl sites for hydroxylation is 2. The molecule has 0 spiro atoms. The fraction of sp³-hybridized carbons (Fsp3) is 0.647. The molecule has 114 valence electrons. The Bertz CT molecular complexity index is 439. The molecule has 0 aliphatic rings. The van der Waals surface area contributed by atoms with Crippen LogP contribution in [0.25, 0.3) is 0 Å². The SMILES string of the molecule is Cc1cc(CCC(C)(C)CCNC(C)C)c(F)cc1F. The van der Waals surface area contributed by atoms with Gasteiger partial charge in [-0.05, 0) is 49.3 Å². The van der Waals surface area contributed by atoms with Gasteiger partial charge in [0.1, 0.15) is 11.6 Å². The molecule has 0 aromatic heterocycles. The summed E-state index contributed by atoms with van der Waals surface area (Å²) in [6.45, 7) is 11.3. The fourth-order valence-electron chi connectivity index (χ4n) is 2.21. The van der Waals surface area contributed by atoms with Gasteiger partial charge in [0.05, 0.1) is 0 Å². The van der Waals surface area contributed by atoms with Gasteiger partial charge in [0.15, 0.2) is 0 Å². The number of hydrogen-bond acceptors (Lipinski definition) is 1. The molecule has 0 fully saturated rings. The van der Waals surface area contributed by atoms with E-state index in [4.69, 9.17) is 0 Å². The van der Waals surface area contributed by atoms with Crippen LogP contribution in [-0.4, -0.2) is 12.6 Å². The lowest BCUT2D eigenvalue weighted by atomic mass is 9.83. The summed E-state index contributed by atoms with van der Waals surface area (Å²) in [6, 6.07) is 3.12. The highest BCUT2D eigenvalue weighted by atomic mass is 19.1. The first kappa shape index (κ1) is 17.1. The van der Waals surface area contributed by atoms with Crippen LogP contribution in [0.5, 0.6) is 0 Å². The third-order valence-electron chi connectivity index (χ3n) is 3.75. The normalized spacial score (nSPS) is 12.2. The number of nitrogens with one attached hydrogen (secondary N) is 1. The van der Waals surface area contributed by atoms with Crippen molar-refractivity contribution in [1.29, 1.82) is 0 Å². The topological polar surface area (TPSA) is 12.0 Å². The molecule has 0 amide bonds. The maximum atomic E-state index is 13.7. The van der Waals surface area contributed by atoms with Crippen molar-refractivity contribution >= 4 is 0 Å². The molecule has 1 rings (SSSR count). The van der Waals surface area contributed by atoms with Crippen molar-refractivity contribution in [3.8, 4) is 0 Å². The zero-order chi connectivity index (χ0) is 15.3. The molecule has 0 aliphatic carbocycles. The molecule has 20 heavy (non-hydrogen) atoms. The van der Waals surface area contributed by atoms with E-state index in [0.717, 1.165) is 25.5 Å². The lowest BCUT2D eigenvalue weighted by molar-refractivity contribution is 0.297. The van der Waals surface area contributed by atoms with Gasteiger partial charge in [-0.3, -0.25) is 0 Å². The monoisotopic (exact) mass is 283 g/mol. The lowest BCUT2D eigenvalue weighted by Gasteiger charge is -2.25. The van der Waals surface area contributed by atoms with E-state index in [2.05, 4.69) is 33.0 Å². The smallest absolute Gasteiger partial charge is 0.129 e. The number of benzene rings is 1. The summed E-state index contributed by atoms with van der Waals surface area (Å²) >= 11 is 0. The van der Waals surface area contributed by atoms with E-state index in [9.17, 15) is 8.78 Å². The summed E-state index contributed by atoms with van der Waals surface area (Å²) in [7, 11) is 0. The van der Waals surface area contributed by atoms with E-state index in [1.54, 1.807) is 13.0 Å². The van der Waals surface area contributed by atoms with Crippen LogP contribution in [0.2, 0.25) is 0 Å². The molecule has 0 saturated heterocycles. The molecule has 0 radical (unpaired) electrons. The van der Waals surface area contributed by atoms with E-state index < -0.39 is 11.6 Å². The Labute approximate surface area is 121 Å². The number of halogens is 2. The van der Waals surface area contributed by atoms with Crippen molar-refractivity contribution in [2.24, 2.45) is 5.41 Å². The predicted molar refractivity (Wildman–Crippen MR) is 81.0 cm³/mol. The lowest BCUT2D eigenvalue weighted by Crippen LogP contribution is -2.28. The van der Waals surface area contributed by atoms with Crippen LogP contribution in [0.3, 0.4) is 0 Å². The third kappa shape index (κ3) is 5.58. The standard InChI is InChI=1S/C17H27F2N/c1-12(2)20-9-8-17(4,5)7-6-14-10-13(3)15(18)11-16(14)19/h10-12,20H,6-9H2,1-5H3. The Balaban J connectivity index is 2.55. The number of hydrogen-bond donors (Lipinski definition) is 1. The van der Waals surface area contributed by atoms with Crippen LogP contribution in [-0.2, 0) is 6.42 Å². The van der Waals surface area contributed by atoms with Crippen LogP contribution < -0.4 is 5.32 Å². The minimum absolute atomic E-state index is 0.149. The van der Waals surface area contributed by atoms with Crippen molar-refractivity contribution < 1.29 is 8.78 Å². The number of rotatable bonds is 7. The Morgan fingerprint density at radius 2 is 1.75 bits per heavy atom. The van der Waals surface area contributed by atoms with Crippen molar-refractivity contribution in [1.82, 2.24) is 5.32 Å². The second-order valence-electron chi connectivity index (χ2n) is 6.72. The quantitative estimate of drug-likeness (QED) is 0.770. The highest BCUT2D eigenvalue weighted by Gasteiger charge is 2.18. The van der Waals surface area contributed by atoms with Crippen molar-refractivity contribution in [3.63, 3.8) is 0 Å². The molecular formula is C17H27F2N. The first-order valence-corrected chi connectivity index (χ1v) is 7.39. The Morgan fingerprint density at radius 1 is 1.10 bits per heavy atom. The average Bonchev–Trinajstić information content (AvgIpc) is 2.31. The van der Waals surface area contributed by atoms with Gasteiger partial charge in [0, 0.05) is 12.1 Å². The zero-order valence-electron chi connectivity index (χ0n) is 13.3. The molecule has 0 heterocycles. The summed E-state index contributed by atoms with van der Waals surface area (Å²) < 4.78 is 26.9. The molecule has 0 bridgehead atoms. The van der Waals surface area contributed by atoms with Crippen LogP contribution in [0.4, 0.5) is 8.78 Å². The van der Waals surface area contributed by atoms with Crippen LogP contribution >= 0.6 is 0 Å². The van der Waals surface area contributed by atoms with Gasteiger partial charge < -0.3 is 5.32 Å². The minimum Gasteiger partial charge on any atom is -0.315 e. The molecule has 1 aromatic carbocycles. The van der Waals surface area contributed by atoms with E-state index in [1.807, 2.05) is 0 Å². The van der Waals surface area contributed by atoms with Gasteiger partial charge in [-0.1, -0.05) is 33.8 Å². The van der Waals surface area contributed by atoms with Gasteiger partial charge in [-0.15, -0.1) is 0 Å². The van der Waals surface area contributed by atoms with E-state index in [1.165, 1.54) is 0 Å². The zero-order valence-corrected chi connectivity index (χ0v) is 13.3. The van der Waals surface area contributed by atoms with E-state index in [-0.39, 0.29) is 5.41 Å². The van der Waals surface area contributed by atoms with Gasteiger partial charge in [0.25, 0.3) is 0 Å². The van der Waals surface area contributed by atoms with Crippen LogP contribution in [0.15, 0.2) is 12.1 Å². The summed E-state index contributed by atoms with van der Waals surface area (Å²) in [5.74, 6) is -0.893. The minimum atomic E-state index is -0.466.